The topological polar surface area (TPSA) is 18.5 Å². The van der Waals surface area contributed by atoms with Gasteiger partial charge in [0.05, 0.1) is 14.2 Å². The zero-order chi connectivity index (χ0) is 20.1. The second kappa shape index (κ2) is 8.66. The van der Waals surface area contributed by atoms with Gasteiger partial charge in [-0.2, -0.15) is 0 Å². The van der Waals surface area contributed by atoms with Crippen LogP contribution in [0.2, 0.25) is 0 Å². The molecule has 4 aromatic rings. The van der Waals surface area contributed by atoms with E-state index in [2.05, 4.69) is 72.8 Å². The molecule has 2 nitrogen and oxygen atoms in total. The van der Waals surface area contributed by atoms with Crippen LogP contribution in [-0.2, 0) is 6.42 Å². The summed E-state index contributed by atoms with van der Waals surface area (Å²) in [6.07, 6.45) is 0.922. The summed E-state index contributed by atoms with van der Waals surface area (Å²) in [6.45, 7) is 0. The summed E-state index contributed by atoms with van der Waals surface area (Å²) < 4.78 is 10.5. The number of rotatable bonds is 6. The number of benzene rings is 4. The maximum atomic E-state index is 5.23. The highest BCUT2D eigenvalue weighted by Gasteiger charge is 2.02. The Balaban J connectivity index is 1.44. The first kappa shape index (κ1) is 18.8. The van der Waals surface area contributed by atoms with Crippen molar-refractivity contribution in [2.75, 3.05) is 14.2 Å². The lowest BCUT2D eigenvalue weighted by atomic mass is 9.98. The molecule has 0 radical (unpaired) electrons. The van der Waals surface area contributed by atoms with E-state index in [0.29, 0.717) is 0 Å². The molecule has 0 aliphatic rings. The Morgan fingerprint density at radius 1 is 0.414 bits per heavy atom. The van der Waals surface area contributed by atoms with E-state index in [0.717, 1.165) is 17.9 Å². The number of methoxy groups -OCH3 is 2. The zero-order valence-corrected chi connectivity index (χ0v) is 16.8. The van der Waals surface area contributed by atoms with Crippen molar-refractivity contribution in [1.82, 2.24) is 0 Å². The zero-order valence-electron chi connectivity index (χ0n) is 16.8. The normalized spacial score (nSPS) is 10.6. The van der Waals surface area contributed by atoms with Gasteiger partial charge in [0.2, 0.25) is 0 Å². The van der Waals surface area contributed by atoms with E-state index in [1.165, 1.54) is 33.4 Å². The Kier molecular flexibility index (Phi) is 5.62. The molecule has 0 saturated carbocycles. The van der Waals surface area contributed by atoms with E-state index in [1.807, 2.05) is 24.3 Å². The summed E-state index contributed by atoms with van der Waals surface area (Å²) in [5, 5.41) is 0. The number of hydrogen-bond donors (Lipinski definition) is 0. The first-order valence-corrected chi connectivity index (χ1v) is 9.72. The first-order chi connectivity index (χ1) is 14.2. The summed E-state index contributed by atoms with van der Waals surface area (Å²) in [7, 11) is 3.38. The van der Waals surface area contributed by atoms with Crippen LogP contribution in [0, 0.1) is 0 Å². The third-order valence-electron chi connectivity index (χ3n) is 5.16. The SMILES string of the molecule is COc1ccc(-c2ccc(Cc3ccc(-c4ccc(OC)cc4)cc3)cc2)cc1. The largest absolute Gasteiger partial charge is 0.497 e. The van der Waals surface area contributed by atoms with Gasteiger partial charge in [-0.3, -0.25) is 0 Å². The maximum absolute atomic E-state index is 5.23. The molecule has 0 fully saturated rings. The fraction of sp³-hybridized carbons (Fsp3) is 0.111. The Morgan fingerprint density at radius 3 is 0.966 bits per heavy atom. The van der Waals surface area contributed by atoms with Gasteiger partial charge in [-0.25, -0.2) is 0 Å². The van der Waals surface area contributed by atoms with E-state index in [9.17, 15) is 0 Å². The van der Waals surface area contributed by atoms with Gasteiger partial charge in [0.25, 0.3) is 0 Å². The fourth-order valence-electron chi connectivity index (χ4n) is 3.43. The van der Waals surface area contributed by atoms with Gasteiger partial charge in [-0.1, -0.05) is 72.8 Å². The first-order valence-electron chi connectivity index (χ1n) is 9.72. The highest BCUT2D eigenvalue weighted by molar-refractivity contribution is 5.65. The molecule has 0 amide bonds. The Morgan fingerprint density at radius 2 is 0.690 bits per heavy atom. The number of hydrogen-bond acceptors (Lipinski definition) is 2. The molecule has 0 aliphatic carbocycles. The Hall–Kier alpha value is -3.52. The van der Waals surface area contributed by atoms with Gasteiger partial charge in [-0.15, -0.1) is 0 Å². The molecule has 0 N–H and O–H groups in total. The van der Waals surface area contributed by atoms with Crippen molar-refractivity contribution in [2.45, 2.75) is 6.42 Å². The molecule has 144 valence electrons. The molecule has 0 aliphatic heterocycles. The van der Waals surface area contributed by atoms with Crippen LogP contribution in [0.1, 0.15) is 11.1 Å². The van der Waals surface area contributed by atoms with Crippen molar-refractivity contribution >= 4 is 0 Å². The monoisotopic (exact) mass is 380 g/mol. The molecule has 0 bridgehead atoms. The van der Waals surface area contributed by atoms with Crippen molar-refractivity contribution in [1.29, 1.82) is 0 Å². The standard InChI is InChI=1S/C27H24O2/c1-28-26-15-11-24(12-16-26)22-7-3-20(4-8-22)19-21-5-9-23(10-6-21)25-13-17-27(29-2)18-14-25/h3-18H,19H2,1-2H3. The molecular formula is C27H24O2. The molecule has 0 spiro atoms. The van der Waals surface area contributed by atoms with Gasteiger partial charge in [0.1, 0.15) is 11.5 Å². The fourth-order valence-corrected chi connectivity index (χ4v) is 3.43. The van der Waals surface area contributed by atoms with Crippen molar-refractivity contribution in [3.05, 3.63) is 108 Å². The minimum Gasteiger partial charge on any atom is -0.497 e. The van der Waals surface area contributed by atoms with Gasteiger partial charge in [0.15, 0.2) is 0 Å². The minimum absolute atomic E-state index is 0.878. The van der Waals surface area contributed by atoms with E-state index in [1.54, 1.807) is 14.2 Å². The van der Waals surface area contributed by atoms with Crippen molar-refractivity contribution in [2.24, 2.45) is 0 Å². The second-order valence-corrected chi connectivity index (χ2v) is 7.03. The Bertz CT molecular complexity index is 957. The van der Waals surface area contributed by atoms with Gasteiger partial charge in [0, 0.05) is 0 Å². The molecule has 29 heavy (non-hydrogen) atoms. The Labute approximate surface area is 172 Å². The average molecular weight is 380 g/mol. The number of ether oxygens (including phenoxy) is 2. The van der Waals surface area contributed by atoms with Crippen LogP contribution >= 0.6 is 0 Å². The summed E-state index contributed by atoms with van der Waals surface area (Å²) in [6, 6.07) is 33.9. The molecular weight excluding hydrogens is 356 g/mol. The van der Waals surface area contributed by atoms with Gasteiger partial charge in [-0.05, 0) is 64.1 Å². The molecule has 0 atom stereocenters. The highest BCUT2D eigenvalue weighted by Crippen LogP contribution is 2.25. The van der Waals surface area contributed by atoms with Crippen LogP contribution in [0.5, 0.6) is 11.5 Å². The molecule has 4 rings (SSSR count). The van der Waals surface area contributed by atoms with E-state index in [4.69, 9.17) is 9.47 Å². The van der Waals surface area contributed by atoms with E-state index < -0.39 is 0 Å². The molecule has 2 heteroatoms. The van der Waals surface area contributed by atoms with Crippen LogP contribution in [0.15, 0.2) is 97.1 Å². The van der Waals surface area contributed by atoms with Crippen LogP contribution in [0.4, 0.5) is 0 Å². The molecule has 0 saturated heterocycles. The highest BCUT2D eigenvalue weighted by atomic mass is 16.5. The predicted molar refractivity (Wildman–Crippen MR) is 120 cm³/mol. The van der Waals surface area contributed by atoms with Crippen molar-refractivity contribution in [3.8, 4) is 33.8 Å². The minimum atomic E-state index is 0.878. The van der Waals surface area contributed by atoms with E-state index in [-0.39, 0.29) is 0 Å². The summed E-state index contributed by atoms with van der Waals surface area (Å²) in [4.78, 5) is 0. The third kappa shape index (κ3) is 4.49. The van der Waals surface area contributed by atoms with Crippen LogP contribution in [0.3, 0.4) is 0 Å². The third-order valence-corrected chi connectivity index (χ3v) is 5.16. The lowest BCUT2D eigenvalue weighted by Gasteiger charge is -2.08. The van der Waals surface area contributed by atoms with Crippen LogP contribution in [0.25, 0.3) is 22.3 Å². The lowest BCUT2D eigenvalue weighted by Crippen LogP contribution is -1.89. The predicted octanol–water partition coefficient (Wildman–Crippen LogP) is 6.63. The average Bonchev–Trinajstić information content (AvgIpc) is 2.80. The quantitative estimate of drug-likeness (QED) is 0.374. The molecule has 0 aromatic heterocycles. The van der Waals surface area contributed by atoms with Crippen LogP contribution < -0.4 is 9.47 Å². The molecule has 4 aromatic carbocycles. The molecule has 0 unspecified atom stereocenters. The summed E-state index contributed by atoms with van der Waals surface area (Å²) in [5.41, 5.74) is 7.43. The van der Waals surface area contributed by atoms with Gasteiger partial charge >= 0.3 is 0 Å². The second-order valence-electron chi connectivity index (χ2n) is 7.03. The van der Waals surface area contributed by atoms with Crippen molar-refractivity contribution < 1.29 is 9.47 Å². The van der Waals surface area contributed by atoms with Gasteiger partial charge < -0.3 is 9.47 Å². The van der Waals surface area contributed by atoms with Crippen molar-refractivity contribution in [3.63, 3.8) is 0 Å². The van der Waals surface area contributed by atoms with E-state index >= 15 is 0 Å². The maximum Gasteiger partial charge on any atom is 0.118 e. The summed E-state index contributed by atoms with van der Waals surface area (Å²) >= 11 is 0. The van der Waals surface area contributed by atoms with Crippen LogP contribution in [-0.4, -0.2) is 14.2 Å². The lowest BCUT2D eigenvalue weighted by molar-refractivity contribution is 0.415. The molecule has 0 heterocycles. The summed E-state index contributed by atoms with van der Waals surface area (Å²) in [5.74, 6) is 1.76. The smallest absolute Gasteiger partial charge is 0.118 e.